The van der Waals surface area contributed by atoms with Gasteiger partial charge in [0.15, 0.2) is 0 Å². The smallest absolute Gasteiger partial charge is 0.338 e. The first-order chi connectivity index (χ1) is 13.8. The lowest BCUT2D eigenvalue weighted by Crippen LogP contribution is -2.04. The average Bonchev–Trinajstić information content (AvgIpc) is 2.76. The molecule has 0 spiro atoms. The first-order valence-electron chi connectivity index (χ1n) is 8.86. The second-order valence-electron chi connectivity index (χ2n) is 6.01. The Balaban J connectivity index is 1.64. The van der Waals surface area contributed by atoms with E-state index in [9.17, 15) is 4.79 Å². The van der Waals surface area contributed by atoms with Crippen LogP contribution >= 0.6 is 0 Å². The molecule has 0 fully saturated rings. The Hall–Kier alpha value is -3.84. The molecule has 3 aromatic rings. The number of esters is 1. The molecule has 28 heavy (non-hydrogen) atoms. The zero-order valence-corrected chi connectivity index (χ0v) is 15.2. The van der Waals surface area contributed by atoms with Crippen molar-refractivity contribution in [1.29, 1.82) is 5.26 Å². The van der Waals surface area contributed by atoms with Crippen LogP contribution in [0.2, 0.25) is 0 Å². The summed E-state index contributed by atoms with van der Waals surface area (Å²) in [6.45, 7) is 0.547. The van der Waals surface area contributed by atoms with Crippen LogP contribution in [-0.2, 0) is 11.3 Å². The maximum Gasteiger partial charge on any atom is 0.338 e. The molecule has 0 atom stereocenters. The monoisotopic (exact) mass is 369 g/mol. The highest BCUT2D eigenvalue weighted by molar-refractivity contribution is 5.89. The molecule has 3 rings (SSSR count). The predicted molar refractivity (Wildman–Crippen MR) is 108 cm³/mol. The SMILES string of the molecule is N#Cc1ccc(C=CCOC(=O)c2ccccc2)c(OCc2ccccc2)c1. The van der Waals surface area contributed by atoms with Crippen LogP contribution in [0, 0.1) is 11.3 Å². The van der Waals surface area contributed by atoms with Crippen molar-refractivity contribution in [3.63, 3.8) is 0 Å². The van der Waals surface area contributed by atoms with E-state index in [4.69, 9.17) is 14.7 Å². The molecule has 0 saturated heterocycles. The van der Waals surface area contributed by atoms with Crippen molar-refractivity contribution < 1.29 is 14.3 Å². The predicted octanol–water partition coefficient (Wildman–Crippen LogP) is 5.01. The molecule has 138 valence electrons. The minimum atomic E-state index is -0.370. The van der Waals surface area contributed by atoms with E-state index in [1.54, 1.807) is 42.5 Å². The molecule has 0 amide bonds. The lowest BCUT2D eigenvalue weighted by molar-refractivity contribution is 0.0550. The molecule has 0 bridgehead atoms. The van der Waals surface area contributed by atoms with Gasteiger partial charge in [0.2, 0.25) is 0 Å². The molecule has 0 N–H and O–H groups in total. The fourth-order valence-electron chi connectivity index (χ4n) is 2.56. The van der Waals surface area contributed by atoms with Crippen molar-refractivity contribution in [1.82, 2.24) is 0 Å². The van der Waals surface area contributed by atoms with E-state index in [1.807, 2.05) is 48.5 Å². The van der Waals surface area contributed by atoms with E-state index in [0.717, 1.165) is 11.1 Å². The Morgan fingerprint density at radius 1 is 0.964 bits per heavy atom. The fraction of sp³-hybridized carbons (Fsp3) is 0.0833. The van der Waals surface area contributed by atoms with Gasteiger partial charge in [0.05, 0.1) is 17.2 Å². The minimum Gasteiger partial charge on any atom is -0.488 e. The van der Waals surface area contributed by atoms with Crippen molar-refractivity contribution in [3.8, 4) is 11.8 Å². The second kappa shape index (κ2) is 9.75. The quantitative estimate of drug-likeness (QED) is 0.550. The first kappa shape index (κ1) is 18.9. The van der Waals surface area contributed by atoms with E-state index >= 15 is 0 Å². The third-order valence-electron chi connectivity index (χ3n) is 4.00. The van der Waals surface area contributed by atoms with E-state index in [2.05, 4.69) is 6.07 Å². The van der Waals surface area contributed by atoms with Gasteiger partial charge in [-0.05, 0) is 42.0 Å². The number of ether oxygens (including phenoxy) is 2. The lowest BCUT2D eigenvalue weighted by atomic mass is 10.1. The van der Waals surface area contributed by atoms with Crippen molar-refractivity contribution >= 4 is 12.0 Å². The maximum atomic E-state index is 11.9. The molecule has 4 heteroatoms. The van der Waals surface area contributed by atoms with Gasteiger partial charge < -0.3 is 9.47 Å². The van der Waals surface area contributed by atoms with Crippen molar-refractivity contribution in [2.75, 3.05) is 6.61 Å². The summed E-state index contributed by atoms with van der Waals surface area (Å²) in [6.07, 6.45) is 3.57. The van der Waals surface area contributed by atoms with E-state index in [0.29, 0.717) is 23.5 Å². The minimum absolute atomic E-state index is 0.145. The van der Waals surface area contributed by atoms with Gasteiger partial charge in [0.25, 0.3) is 0 Å². The lowest BCUT2D eigenvalue weighted by Gasteiger charge is -2.10. The number of nitriles is 1. The van der Waals surface area contributed by atoms with Crippen LogP contribution in [0.15, 0.2) is 84.9 Å². The summed E-state index contributed by atoms with van der Waals surface area (Å²) in [7, 11) is 0. The number of carbonyl (C=O) groups excluding carboxylic acids is 1. The molecule has 0 aliphatic carbocycles. The second-order valence-corrected chi connectivity index (χ2v) is 6.01. The summed E-state index contributed by atoms with van der Waals surface area (Å²) in [5.74, 6) is 0.235. The highest BCUT2D eigenvalue weighted by atomic mass is 16.5. The summed E-state index contributed by atoms with van der Waals surface area (Å²) in [5.41, 5.74) is 2.89. The zero-order valence-electron chi connectivity index (χ0n) is 15.2. The molecular formula is C24H19NO3. The molecule has 0 aliphatic rings. The van der Waals surface area contributed by atoms with Gasteiger partial charge in [0, 0.05) is 5.56 Å². The number of nitrogens with zero attached hydrogens (tertiary/aromatic N) is 1. The van der Waals surface area contributed by atoms with E-state index < -0.39 is 0 Å². The standard InChI is InChI=1S/C24H19NO3/c25-17-20-13-14-21(23(16-20)28-18-19-8-3-1-4-9-19)12-7-15-27-24(26)22-10-5-2-6-11-22/h1-14,16H,15,18H2. The Morgan fingerprint density at radius 2 is 1.68 bits per heavy atom. The average molecular weight is 369 g/mol. The molecule has 3 aromatic carbocycles. The van der Waals surface area contributed by atoms with Gasteiger partial charge in [-0.25, -0.2) is 4.79 Å². The number of benzene rings is 3. The maximum absolute atomic E-state index is 11.9. The molecule has 0 saturated carbocycles. The number of hydrogen-bond donors (Lipinski definition) is 0. The number of carbonyl (C=O) groups is 1. The largest absolute Gasteiger partial charge is 0.488 e. The Labute approximate surface area is 164 Å². The van der Waals surface area contributed by atoms with Gasteiger partial charge >= 0.3 is 5.97 Å². The van der Waals surface area contributed by atoms with Crippen LogP contribution in [0.4, 0.5) is 0 Å². The van der Waals surface area contributed by atoms with Crippen LogP contribution in [-0.4, -0.2) is 12.6 Å². The van der Waals surface area contributed by atoms with Crippen LogP contribution in [0.25, 0.3) is 6.08 Å². The highest BCUT2D eigenvalue weighted by Gasteiger charge is 2.06. The molecule has 0 aliphatic heterocycles. The molecule has 0 heterocycles. The third kappa shape index (κ3) is 5.33. The number of hydrogen-bond acceptors (Lipinski definition) is 4. The summed E-state index contributed by atoms with van der Waals surface area (Å²) in [4.78, 5) is 11.9. The van der Waals surface area contributed by atoms with Crippen molar-refractivity contribution in [3.05, 3.63) is 107 Å². The van der Waals surface area contributed by atoms with Crippen LogP contribution in [0.3, 0.4) is 0 Å². The van der Waals surface area contributed by atoms with Crippen LogP contribution in [0.5, 0.6) is 5.75 Å². The first-order valence-corrected chi connectivity index (χ1v) is 8.86. The number of rotatable bonds is 7. The van der Waals surface area contributed by atoms with Crippen LogP contribution < -0.4 is 4.74 Å². The van der Waals surface area contributed by atoms with E-state index in [1.165, 1.54) is 0 Å². The van der Waals surface area contributed by atoms with Gasteiger partial charge in [0.1, 0.15) is 19.0 Å². The van der Waals surface area contributed by atoms with Gasteiger partial charge in [-0.15, -0.1) is 0 Å². The molecule has 4 nitrogen and oxygen atoms in total. The Morgan fingerprint density at radius 3 is 2.39 bits per heavy atom. The summed E-state index contributed by atoms with van der Waals surface area (Å²) < 4.78 is 11.1. The Kier molecular flexibility index (Phi) is 6.59. The molecular weight excluding hydrogens is 350 g/mol. The summed E-state index contributed by atoms with van der Waals surface area (Å²) >= 11 is 0. The summed E-state index contributed by atoms with van der Waals surface area (Å²) in [5, 5.41) is 9.14. The molecule has 0 aromatic heterocycles. The highest BCUT2D eigenvalue weighted by Crippen LogP contribution is 2.23. The summed E-state index contributed by atoms with van der Waals surface area (Å²) in [6, 6.07) is 26.0. The van der Waals surface area contributed by atoms with Gasteiger partial charge in [-0.1, -0.05) is 54.6 Å². The molecule has 0 unspecified atom stereocenters. The van der Waals surface area contributed by atoms with Crippen molar-refractivity contribution in [2.24, 2.45) is 0 Å². The topological polar surface area (TPSA) is 59.3 Å². The van der Waals surface area contributed by atoms with Gasteiger partial charge in [-0.3, -0.25) is 0 Å². The van der Waals surface area contributed by atoms with E-state index in [-0.39, 0.29) is 12.6 Å². The van der Waals surface area contributed by atoms with Crippen molar-refractivity contribution in [2.45, 2.75) is 6.61 Å². The normalized spacial score (nSPS) is 10.4. The van der Waals surface area contributed by atoms with Gasteiger partial charge in [-0.2, -0.15) is 5.26 Å². The fourth-order valence-corrected chi connectivity index (χ4v) is 2.56. The zero-order chi connectivity index (χ0) is 19.6. The molecule has 0 radical (unpaired) electrons. The Bertz CT molecular complexity index is 989. The third-order valence-corrected chi connectivity index (χ3v) is 4.00. The van der Waals surface area contributed by atoms with Crippen LogP contribution in [0.1, 0.15) is 27.0 Å².